The van der Waals surface area contributed by atoms with Crippen LogP contribution in [0.25, 0.3) is 0 Å². The molecule has 0 radical (unpaired) electrons. The van der Waals surface area contributed by atoms with Crippen LogP contribution in [0.5, 0.6) is 0 Å². The van der Waals surface area contributed by atoms with Crippen LogP contribution >= 0.6 is 0 Å². The molecular formula is C15H26N4O. The Labute approximate surface area is 121 Å². The highest BCUT2D eigenvalue weighted by atomic mass is 16.3. The van der Waals surface area contributed by atoms with E-state index in [1.807, 2.05) is 19.4 Å². The van der Waals surface area contributed by atoms with Crippen molar-refractivity contribution in [2.24, 2.45) is 5.92 Å². The fourth-order valence-corrected chi connectivity index (χ4v) is 2.32. The first-order chi connectivity index (χ1) is 9.33. The van der Waals surface area contributed by atoms with E-state index in [2.05, 4.69) is 41.0 Å². The van der Waals surface area contributed by atoms with Crippen LogP contribution in [0, 0.1) is 5.92 Å². The monoisotopic (exact) mass is 278 g/mol. The van der Waals surface area contributed by atoms with Gasteiger partial charge in [-0.15, -0.1) is 0 Å². The van der Waals surface area contributed by atoms with Crippen molar-refractivity contribution in [3.05, 3.63) is 18.0 Å². The molecule has 1 heterocycles. The summed E-state index contributed by atoms with van der Waals surface area (Å²) < 4.78 is 0. The summed E-state index contributed by atoms with van der Waals surface area (Å²) in [4.78, 5) is 10.9. The average Bonchev–Trinajstić information content (AvgIpc) is 2.34. The average molecular weight is 278 g/mol. The Morgan fingerprint density at radius 2 is 1.90 bits per heavy atom. The van der Waals surface area contributed by atoms with Gasteiger partial charge in [-0.1, -0.05) is 0 Å². The first-order valence-corrected chi connectivity index (χ1v) is 7.28. The maximum atomic E-state index is 9.31. The molecule has 1 aliphatic rings. The molecule has 1 aliphatic carbocycles. The van der Waals surface area contributed by atoms with Gasteiger partial charge in [-0.25, -0.2) is 9.97 Å². The molecule has 0 bridgehead atoms. The standard InChI is InChI=1S/C15H26N4O/c1-15(2,3)18-9-12-7-16-14(17-8-12)19(4)10-11-5-13(20)6-11/h7-8,11,13,18,20H,5-6,9-10H2,1-4H3. The molecule has 0 aromatic carbocycles. The number of rotatable bonds is 5. The summed E-state index contributed by atoms with van der Waals surface area (Å²) in [6.07, 6.45) is 5.47. The molecule has 112 valence electrons. The molecule has 0 atom stereocenters. The molecule has 1 aromatic rings. The van der Waals surface area contributed by atoms with E-state index in [0.717, 1.165) is 37.4 Å². The second-order valence-corrected chi connectivity index (χ2v) is 6.87. The van der Waals surface area contributed by atoms with Crippen molar-refractivity contribution in [2.45, 2.75) is 51.8 Å². The Morgan fingerprint density at radius 1 is 1.30 bits per heavy atom. The number of aliphatic hydroxyl groups is 1. The minimum absolute atomic E-state index is 0.0971. The summed E-state index contributed by atoms with van der Waals surface area (Å²) in [6.45, 7) is 8.12. The highest BCUT2D eigenvalue weighted by Gasteiger charge is 2.28. The number of hydrogen-bond acceptors (Lipinski definition) is 5. The minimum atomic E-state index is -0.0971. The van der Waals surface area contributed by atoms with Crippen LogP contribution in [0.15, 0.2) is 12.4 Å². The third kappa shape index (κ3) is 4.42. The number of nitrogens with one attached hydrogen (secondary N) is 1. The van der Waals surface area contributed by atoms with Gasteiger partial charge in [-0.05, 0) is 39.5 Å². The van der Waals surface area contributed by atoms with Crippen LogP contribution in [-0.2, 0) is 6.54 Å². The summed E-state index contributed by atoms with van der Waals surface area (Å²) in [5, 5.41) is 12.7. The summed E-state index contributed by atoms with van der Waals surface area (Å²) >= 11 is 0. The zero-order valence-corrected chi connectivity index (χ0v) is 12.9. The maximum absolute atomic E-state index is 9.31. The number of aromatic nitrogens is 2. The van der Waals surface area contributed by atoms with Gasteiger partial charge in [-0.3, -0.25) is 0 Å². The van der Waals surface area contributed by atoms with Gasteiger partial charge in [0, 0.05) is 43.6 Å². The smallest absolute Gasteiger partial charge is 0.225 e. The Morgan fingerprint density at radius 3 is 2.40 bits per heavy atom. The van der Waals surface area contributed by atoms with E-state index in [-0.39, 0.29) is 11.6 Å². The van der Waals surface area contributed by atoms with Crippen LogP contribution < -0.4 is 10.2 Å². The molecule has 0 aliphatic heterocycles. The largest absolute Gasteiger partial charge is 0.393 e. The summed E-state index contributed by atoms with van der Waals surface area (Å²) in [7, 11) is 2.01. The van der Waals surface area contributed by atoms with Crippen molar-refractivity contribution in [1.82, 2.24) is 15.3 Å². The lowest BCUT2D eigenvalue weighted by atomic mass is 9.82. The molecule has 2 N–H and O–H groups in total. The van der Waals surface area contributed by atoms with Crippen molar-refractivity contribution in [3.63, 3.8) is 0 Å². The van der Waals surface area contributed by atoms with Gasteiger partial charge in [0.15, 0.2) is 0 Å². The first-order valence-electron chi connectivity index (χ1n) is 7.28. The van der Waals surface area contributed by atoms with Gasteiger partial charge in [0.1, 0.15) is 0 Å². The zero-order chi connectivity index (χ0) is 14.8. The van der Waals surface area contributed by atoms with E-state index in [1.165, 1.54) is 0 Å². The SMILES string of the molecule is CN(CC1CC(O)C1)c1ncc(CNC(C)(C)C)cn1. The van der Waals surface area contributed by atoms with Crippen molar-refractivity contribution in [3.8, 4) is 0 Å². The van der Waals surface area contributed by atoms with Crippen LogP contribution in [0.3, 0.4) is 0 Å². The molecule has 0 unspecified atom stereocenters. The van der Waals surface area contributed by atoms with Gasteiger partial charge >= 0.3 is 0 Å². The van der Waals surface area contributed by atoms with E-state index in [1.54, 1.807) is 0 Å². The molecule has 0 spiro atoms. The van der Waals surface area contributed by atoms with Crippen LogP contribution in [0.2, 0.25) is 0 Å². The molecule has 1 fully saturated rings. The third-order valence-electron chi connectivity index (χ3n) is 3.60. The van der Waals surface area contributed by atoms with Gasteiger partial charge in [0.05, 0.1) is 6.10 Å². The molecule has 5 heteroatoms. The quantitative estimate of drug-likeness (QED) is 0.856. The Hall–Kier alpha value is -1.20. The van der Waals surface area contributed by atoms with Crippen LogP contribution in [-0.4, -0.2) is 40.3 Å². The van der Waals surface area contributed by atoms with Gasteiger partial charge in [0.2, 0.25) is 5.95 Å². The number of aliphatic hydroxyl groups excluding tert-OH is 1. The van der Waals surface area contributed by atoms with E-state index in [0.29, 0.717) is 5.92 Å². The van der Waals surface area contributed by atoms with Crippen molar-refractivity contribution in [2.75, 3.05) is 18.5 Å². The topological polar surface area (TPSA) is 61.3 Å². The first kappa shape index (κ1) is 15.2. The highest BCUT2D eigenvalue weighted by Crippen LogP contribution is 2.28. The molecule has 5 nitrogen and oxygen atoms in total. The lowest BCUT2D eigenvalue weighted by molar-refractivity contribution is 0.0463. The Balaban J connectivity index is 1.84. The lowest BCUT2D eigenvalue weighted by Crippen LogP contribution is -2.37. The minimum Gasteiger partial charge on any atom is -0.393 e. The number of hydrogen-bond donors (Lipinski definition) is 2. The molecular weight excluding hydrogens is 252 g/mol. The van der Waals surface area contributed by atoms with Gasteiger partial charge < -0.3 is 15.3 Å². The highest BCUT2D eigenvalue weighted by molar-refractivity contribution is 5.28. The van der Waals surface area contributed by atoms with E-state index in [4.69, 9.17) is 0 Å². The summed E-state index contributed by atoms with van der Waals surface area (Å²) in [5.41, 5.74) is 1.19. The maximum Gasteiger partial charge on any atom is 0.225 e. The summed E-state index contributed by atoms with van der Waals surface area (Å²) in [6, 6.07) is 0. The predicted octanol–water partition coefficient (Wildman–Crippen LogP) is 1.57. The molecule has 0 amide bonds. The third-order valence-corrected chi connectivity index (χ3v) is 3.60. The van der Waals surface area contributed by atoms with Crippen molar-refractivity contribution >= 4 is 5.95 Å². The molecule has 1 saturated carbocycles. The predicted molar refractivity (Wildman–Crippen MR) is 80.6 cm³/mol. The van der Waals surface area contributed by atoms with Crippen molar-refractivity contribution < 1.29 is 5.11 Å². The molecule has 20 heavy (non-hydrogen) atoms. The van der Waals surface area contributed by atoms with E-state index >= 15 is 0 Å². The second kappa shape index (κ2) is 6.06. The fourth-order valence-electron chi connectivity index (χ4n) is 2.32. The Bertz CT molecular complexity index is 420. The number of nitrogens with zero attached hydrogens (tertiary/aromatic N) is 3. The van der Waals surface area contributed by atoms with Gasteiger partial charge in [0.25, 0.3) is 0 Å². The lowest BCUT2D eigenvalue weighted by Gasteiger charge is -2.34. The fraction of sp³-hybridized carbons (Fsp3) is 0.733. The molecule has 2 rings (SSSR count). The Kier molecular flexibility index (Phi) is 4.60. The van der Waals surface area contributed by atoms with Gasteiger partial charge in [-0.2, -0.15) is 0 Å². The normalized spacial score (nSPS) is 22.4. The van der Waals surface area contributed by atoms with E-state index < -0.39 is 0 Å². The zero-order valence-electron chi connectivity index (χ0n) is 12.9. The van der Waals surface area contributed by atoms with Crippen LogP contribution in [0.1, 0.15) is 39.2 Å². The molecule has 0 saturated heterocycles. The summed E-state index contributed by atoms with van der Waals surface area (Å²) in [5.74, 6) is 1.33. The van der Waals surface area contributed by atoms with Crippen molar-refractivity contribution in [1.29, 1.82) is 0 Å². The molecule has 1 aromatic heterocycles. The van der Waals surface area contributed by atoms with E-state index in [9.17, 15) is 5.11 Å². The second-order valence-electron chi connectivity index (χ2n) is 6.87. The number of anilines is 1. The van der Waals surface area contributed by atoms with Crippen LogP contribution in [0.4, 0.5) is 5.95 Å².